The quantitative estimate of drug-likeness (QED) is 0.854. The second-order valence-corrected chi connectivity index (χ2v) is 5.78. The summed E-state index contributed by atoms with van der Waals surface area (Å²) in [4.78, 5) is 12.9. The van der Waals surface area contributed by atoms with Crippen molar-refractivity contribution in [1.29, 1.82) is 0 Å². The zero-order valence-electron chi connectivity index (χ0n) is 11.2. The molecule has 0 saturated carbocycles. The van der Waals surface area contributed by atoms with Gasteiger partial charge in [0, 0.05) is 17.1 Å². The Kier molecular flexibility index (Phi) is 3.36. The first-order valence-corrected chi connectivity index (χ1v) is 7.37. The number of carbonyl (C=O) groups is 1. The fraction of sp³-hybridized carbons (Fsp3) is 0.267. The molecule has 5 heteroatoms. The van der Waals surface area contributed by atoms with Gasteiger partial charge in [-0.3, -0.25) is 4.79 Å². The number of amides is 1. The molecule has 1 aromatic heterocycles. The molecule has 1 unspecified atom stereocenters. The van der Waals surface area contributed by atoms with E-state index >= 15 is 0 Å². The topological polar surface area (TPSA) is 64.3 Å². The molecule has 0 fully saturated rings. The lowest BCUT2D eigenvalue weighted by Gasteiger charge is -2.13. The highest BCUT2D eigenvalue weighted by molar-refractivity contribution is 7.12. The van der Waals surface area contributed by atoms with Crippen LogP contribution in [0.4, 0.5) is 5.69 Å². The minimum Gasteiger partial charge on any atom is -0.496 e. The van der Waals surface area contributed by atoms with Crippen molar-refractivity contribution in [3.63, 3.8) is 0 Å². The third-order valence-electron chi connectivity index (χ3n) is 3.59. The summed E-state index contributed by atoms with van der Waals surface area (Å²) in [6.07, 6.45) is 1.88. The molecule has 1 heterocycles. The van der Waals surface area contributed by atoms with E-state index in [9.17, 15) is 4.79 Å². The molecule has 1 atom stereocenters. The monoisotopic (exact) mass is 288 g/mol. The molecule has 0 radical (unpaired) electrons. The molecule has 3 N–H and O–H groups in total. The maximum absolute atomic E-state index is 12.2. The Balaban J connectivity index is 1.75. The molecule has 0 spiro atoms. The van der Waals surface area contributed by atoms with E-state index in [-0.39, 0.29) is 11.9 Å². The Bertz CT molecular complexity index is 651. The van der Waals surface area contributed by atoms with Crippen LogP contribution in [0.2, 0.25) is 0 Å². The first-order chi connectivity index (χ1) is 9.67. The number of fused-ring (bicyclic) bond motifs is 1. The highest BCUT2D eigenvalue weighted by Gasteiger charge is 2.24. The van der Waals surface area contributed by atoms with Crippen LogP contribution < -0.4 is 15.8 Å². The summed E-state index contributed by atoms with van der Waals surface area (Å²) in [5.41, 5.74) is 8.98. The Labute approximate surface area is 121 Å². The Morgan fingerprint density at radius 3 is 3.05 bits per heavy atom. The molecular weight excluding hydrogens is 272 g/mol. The fourth-order valence-corrected chi connectivity index (χ4v) is 3.32. The molecule has 4 nitrogen and oxygen atoms in total. The van der Waals surface area contributed by atoms with E-state index < -0.39 is 0 Å². The molecule has 0 aliphatic heterocycles. The lowest BCUT2D eigenvalue weighted by Crippen LogP contribution is -2.26. The smallest absolute Gasteiger partial charge is 0.261 e. The van der Waals surface area contributed by atoms with Crippen LogP contribution in [-0.4, -0.2) is 13.0 Å². The van der Waals surface area contributed by atoms with Crippen molar-refractivity contribution in [3.05, 3.63) is 45.6 Å². The third kappa shape index (κ3) is 2.36. The number of methoxy groups -OCH3 is 1. The van der Waals surface area contributed by atoms with Crippen LogP contribution in [0, 0.1) is 0 Å². The maximum atomic E-state index is 12.2. The minimum absolute atomic E-state index is 0.0482. The lowest BCUT2D eigenvalue weighted by atomic mass is 10.1. The van der Waals surface area contributed by atoms with Gasteiger partial charge >= 0.3 is 0 Å². The van der Waals surface area contributed by atoms with Crippen molar-refractivity contribution in [2.24, 2.45) is 0 Å². The molecule has 104 valence electrons. The van der Waals surface area contributed by atoms with Crippen LogP contribution in [0.5, 0.6) is 5.75 Å². The highest BCUT2D eigenvalue weighted by Crippen LogP contribution is 2.33. The van der Waals surface area contributed by atoms with Gasteiger partial charge in [0.05, 0.1) is 18.0 Å². The molecule has 1 aliphatic carbocycles. The standard InChI is InChI=1S/C15H16N2O2S/c1-19-11-7-14(20-8-11)15(18)17-13-5-2-9-6-10(16)3-4-12(9)13/h3-4,6-8,13H,2,5,16H2,1H3,(H,17,18). The van der Waals surface area contributed by atoms with E-state index in [0.717, 1.165) is 24.3 Å². The minimum atomic E-state index is -0.0482. The van der Waals surface area contributed by atoms with E-state index in [1.807, 2.05) is 23.6 Å². The molecule has 20 heavy (non-hydrogen) atoms. The second kappa shape index (κ2) is 5.17. The number of aryl methyl sites for hydroxylation is 1. The molecule has 1 amide bonds. The number of hydrogen-bond donors (Lipinski definition) is 2. The molecule has 1 aliphatic rings. The summed E-state index contributed by atoms with van der Waals surface area (Å²) in [6.45, 7) is 0. The SMILES string of the molecule is COc1csc(C(=O)NC2CCc3cc(N)ccc32)c1. The van der Waals surface area contributed by atoms with Gasteiger partial charge in [0.15, 0.2) is 0 Å². The first-order valence-electron chi connectivity index (χ1n) is 6.49. The van der Waals surface area contributed by atoms with E-state index in [1.54, 1.807) is 13.2 Å². The Morgan fingerprint density at radius 1 is 1.45 bits per heavy atom. The van der Waals surface area contributed by atoms with Crippen LogP contribution in [0.3, 0.4) is 0 Å². The summed E-state index contributed by atoms with van der Waals surface area (Å²) in [6, 6.07) is 7.73. The Hall–Kier alpha value is -2.01. The van der Waals surface area contributed by atoms with Crippen molar-refractivity contribution in [1.82, 2.24) is 5.32 Å². The van der Waals surface area contributed by atoms with Crippen molar-refractivity contribution in [2.75, 3.05) is 12.8 Å². The molecule has 1 aromatic carbocycles. The highest BCUT2D eigenvalue weighted by atomic mass is 32.1. The van der Waals surface area contributed by atoms with Crippen LogP contribution >= 0.6 is 11.3 Å². The number of anilines is 1. The van der Waals surface area contributed by atoms with E-state index in [4.69, 9.17) is 10.5 Å². The van der Waals surface area contributed by atoms with Crippen molar-refractivity contribution in [2.45, 2.75) is 18.9 Å². The molecule has 0 saturated heterocycles. The zero-order chi connectivity index (χ0) is 14.1. The van der Waals surface area contributed by atoms with Gasteiger partial charge in [0.25, 0.3) is 5.91 Å². The summed E-state index contributed by atoms with van der Waals surface area (Å²) >= 11 is 1.39. The van der Waals surface area contributed by atoms with Crippen LogP contribution in [0.15, 0.2) is 29.6 Å². The second-order valence-electron chi connectivity index (χ2n) is 4.87. The zero-order valence-corrected chi connectivity index (χ0v) is 12.0. The van der Waals surface area contributed by atoms with E-state index in [0.29, 0.717) is 4.88 Å². The number of benzene rings is 1. The third-order valence-corrected chi connectivity index (χ3v) is 4.49. The van der Waals surface area contributed by atoms with Crippen LogP contribution in [0.1, 0.15) is 33.3 Å². The number of nitrogens with two attached hydrogens (primary N) is 1. The number of carbonyl (C=O) groups excluding carboxylic acids is 1. The van der Waals surface area contributed by atoms with Gasteiger partial charge < -0.3 is 15.8 Å². The first kappa shape index (κ1) is 13.0. The number of thiophene rings is 1. The average molecular weight is 288 g/mol. The number of rotatable bonds is 3. The van der Waals surface area contributed by atoms with E-state index in [1.165, 1.54) is 22.5 Å². The van der Waals surface area contributed by atoms with Crippen molar-refractivity contribution < 1.29 is 9.53 Å². The number of ether oxygens (including phenoxy) is 1. The average Bonchev–Trinajstić information content (AvgIpc) is 3.05. The van der Waals surface area contributed by atoms with Crippen molar-refractivity contribution in [3.8, 4) is 5.75 Å². The van der Waals surface area contributed by atoms with Gasteiger partial charge in [-0.2, -0.15) is 0 Å². The summed E-state index contributed by atoms with van der Waals surface area (Å²) in [5.74, 6) is 0.674. The van der Waals surface area contributed by atoms with Crippen LogP contribution in [0.25, 0.3) is 0 Å². The summed E-state index contributed by atoms with van der Waals surface area (Å²) in [5, 5.41) is 4.91. The number of hydrogen-bond acceptors (Lipinski definition) is 4. The van der Waals surface area contributed by atoms with Crippen molar-refractivity contribution >= 4 is 22.9 Å². The van der Waals surface area contributed by atoms with Gasteiger partial charge in [0.2, 0.25) is 0 Å². The number of nitrogen functional groups attached to an aromatic ring is 1. The predicted octanol–water partition coefficient (Wildman–Crippen LogP) is 2.76. The van der Waals surface area contributed by atoms with Gasteiger partial charge in [-0.25, -0.2) is 0 Å². The largest absolute Gasteiger partial charge is 0.496 e. The fourth-order valence-electron chi connectivity index (χ4n) is 2.56. The van der Waals surface area contributed by atoms with Crippen LogP contribution in [-0.2, 0) is 6.42 Å². The Morgan fingerprint density at radius 2 is 2.30 bits per heavy atom. The molecule has 2 aromatic rings. The van der Waals surface area contributed by atoms with Gasteiger partial charge in [-0.05, 0) is 36.1 Å². The van der Waals surface area contributed by atoms with Gasteiger partial charge in [-0.15, -0.1) is 11.3 Å². The molecular formula is C15H16N2O2S. The summed E-state index contributed by atoms with van der Waals surface area (Å²) in [7, 11) is 1.60. The predicted molar refractivity (Wildman–Crippen MR) is 80.3 cm³/mol. The normalized spacial score (nSPS) is 16.8. The van der Waals surface area contributed by atoms with E-state index in [2.05, 4.69) is 5.32 Å². The lowest BCUT2D eigenvalue weighted by molar-refractivity contribution is 0.0940. The van der Waals surface area contributed by atoms with Gasteiger partial charge in [0.1, 0.15) is 5.75 Å². The molecule has 3 rings (SSSR count). The van der Waals surface area contributed by atoms with Gasteiger partial charge in [-0.1, -0.05) is 6.07 Å². The number of nitrogens with one attached hydrogen (secondary N) is 1. The molecule has 0 bridgehead atoms. The summed E-state index contributed by atoms with van der Waals surface area (Å²) < 4.78 is 5.10. The maximum Gasteiger partial charge on any atom is 0.261 e.